The van der Waals surface area contributed by atoms with Crippen LogP contribution in [-0.4, -0.2) is 17.5 Å². The highest BCUT2D eigenvalue weighted by Crippen LogP contribution is 2.28. The van der Waals surface area contributed by atoms with E-state index >= 15 is 0 Å². The number of rotatable bonds is 3. The molecular formula is C23H19N3O3. The van der Waals surface area contributed by atoms with Crippen molar-refractivity contribution < 1.29 is 14.0 Å². The lowest BCUT2D eigenvalue weighted by molar-refractivity contribution is -0.136. The van der Waals surface area contributed by atoms with Gasteiger partial charge >= 0.3 is 11.8 Å². The van der Waals surface area contributed by atoms with Crippen molar-refractivity contribution in [3.8, 4) is 0 Å². The number of furan rings is 1. The zero-order valence-electron chi connectivity index (χ0n) is 16.0. The number of benzene rings is 3. The molecule has 0 spiro atoms. The quantitative estimate of drug-likeness (QED) is 0.312. The Morgan fingerprint density at radius 2 is 1.66 bits per heavy atom. The van der Waals surface area contributed by atoms with Gasteiger partial charge < -0.3 is 9.73 Å². The van der Waals surface area contributed by atoms with E-state index in [1.807, 2.05) is 61.5 Å². The van der Waals surface area contributed by atoms with Gasteiger partial charge in [-0.25, -0.2) is 5.43 Å². The van der Waals surface area contributed by atoms with Crippen LogP contribution in [0.4, 0.5) is 5.69 Å². The third-order valence-corrected chi connectivity index (χ3v) is 4.62. The lowest BCUT2D eigenvalue weighted by Gasteiger charge is -2.04. The summed E-state index contributed by atoms with van der Waals surface area (Å²) < 4.78 is 5.85. The normalized spacial score (nSPS) is 11.6. The van der Waals surface area contributed by atoms with Crippen LogP contribution in [0.15, 0.2) is 76.2 Å². The predicted molar refractivity (Wildman–Crippen MR) is 114 cm³/mol. The molecule has 0 atom stereocenters. The van der Waals surface area contributed by atoms with Crippen molar-refractivity contribution in [1.82, 2.24) is 5.43 Å². The van der Waals surface area contributed by atoms with Gasteiger partial charge in [0.05, 0.1) is 0 Å². The number of hydrogen-bond acceptors (Lipinski definition) is 4. The second kappa shape index (κ2) is 7.59. The molecule has 4 aromatic rings. The van der Waals surface area contributed by atoms with E-state index in [1.165, 1.54) is 0 Å². The fourth-order valence-electron chi connectivity index (χ4n) is 3.04. The van der Waals surface area contributed by atoms with Crippen LogP contribution in [-0.2, 0) is 9.59 Å². The fourth-order valence-corrected chi connectivity index (χ4v) is 3.04. The lowest BCUT2D eigenvalue weighted by atomic mass is 10.1. The Hall–Kier alpha value is -3.93. The van der Waals surface area contributed by atoms with E-state index in [-0.39, 0.29) is 0 Å². The van der Waals surface area contributed by atoms with Gasteiger partial charge in [-0.3, -0.25) is 9.59 Å². The Balaban J connectivity index is 1.49. The second-order valence-electron chi connectivity index (χ2n) is 6.77. The Labute approximate surface area is 167 Å². The van der Waals surface area contributed by atoms with Crippen LogP contribution in [0.2, 0.25) is 0 Å². The van der Waals surface area contributed by atoms with Crippen molar-refractivity contribution in [1.29, 1.82) is 0 Å². The molecule has 6 heteroatoms. The lowest BCUT2D eigenvalue weighted by Crippen LogP contribution is -2.32. The minimum Gasteiger partial charge on any atom is -0.455 e. The Kier molecular flexibility index (Phi) is 4.83. The van der Waals surface area contributed by atoms with E-state index in [0.29, 0.717) is 17.2 Å². The molecule has 2 amide bonds. The molecule has 0 aliphatic heterocycles. The molecular weight excluding hydrogens is 366 g/mol. The summed E-state index contributed by atoms with van der Waals surface area (Å²) in [6.07, 6.45) is 0. The number of carbonyl (C=O) groups is 2. The van der Waals surface area contributed by atoms with E-state index in [4.69, 9.17) is 4.42 Å². The minimum atomic E-state index is -0.855. The first kappa shape index (κ1) is 18.4. The summed E-state index contributed by atoms with van der Waals surface area (Å²) in [6, 6.07) is 21.0. The van der Waals surface area contributed by atoms with Crippen molar-refractivity contribution in [2.24, 2.45) is 5.10 Å². The summed E-state index contributed by atoms with van der Waals surface area (Å²) >= 11 is 0. The highest BCUT2D eigenvalue weighted by Gasteiger charge is 2.14. The van der Waals surface area contributed by atoms with Crippen molar-refractivity contribution in [2.75, 3.05) is 5.32 Å². The molecule has 2 N–H and O–H groups in total. The molecule has 6 nitrogen and oxygen atoms in total. The number of aryl methyl sites for hydroxylation is 1. The number of carbonyl (C=O) groups excluding carboxylic acids is 2. The van der Waals surface area contributed by atoms with E-state index in [2.05, 4.69) is 15.8 Å². The maximum Gasteiger partial charge on any atom is 0.329 e. The van der Waals surface area contributed by atoms with Crippen molar-refractivity contribution in [3.05, 3.63) is 78.1 Å². The molecule has 0 aliphatic carbocycles. The molecule has 4 rings (SSSR count). The van der Waals surface area contributed by atoms with Gasteiger partial charge in [0.2, 0.25) is 0 Å². The first-order valence-electron chi connectivity index (χ1n) is 9.15. The molecule has 0 saturated carbocycles. The zero-order valence-corrected chi connectivity index (χ0v) is 16.0. The Bertz CT molecular complexity index is 1250. The predicted octanol–water partition coefficient (Wildman–Crippen LogP) is 4.37. The Morgan fingerprint density at radius 3 is 2.45 bits per heavy atom. The molecule has 0 fully saturated rings. The smallest absolute Gasteiger partial charge is 0.329 e. The van der Waals surface area contributed by atoms with Crippen molar-refractivity contribution in [2.45, 2.75) is 13.8 Å². The fraction of sp³-hybridized carbons (Fsp3) is 0.0870. The minimum absolute atomic E-state index is 0.460. The molecule has 0 unspecified atom stereocenters. The van der Waals surface area contributed by atoms with E-state index in [9.17, 15) is 9.59 Å². The highest BCUT2D eigenvalue weighted by molar-refractivity contribution is 6.39. The first-order chi connectivity index (χ1) is 14.0. The molecule has 1 aromatic heterocycles. The number of amides is 2. The van der Waals surface area contributed by atoms with Gasteiger partial charge in [0.15, 0.2) is 5.76 Å². The molecule has 0 saturated heterocycles. The molecule has 0 aliphatic rings. The van der Waals surface area contributed by atoms with Gasteiger partial charge in [0, 0.05) is 11.1 Å². The SMILES string of the molecule is C/C(=N/NC(=O)C(=O)Nc1ccc(C)cc1)c1cc2c(ccc3ccccc32)o1. The maximum absolute atomic E-state index is 12.0. The van der Waals surface area contributed by atoms with E-state index in [0.717, 1.165) is 27.3 Å². The van der Waals surface area contributed by atoms with Gasteiger partial charge in [0.25, 0.3) is 0 Å². The number of nitrogens with one attached hydrogen (secondary N) is 2. The molecule has 1 heterocycles. The monoisotopic (exact) mass is 385 g/mol. The van der Waals surface area contributed by atoms with Gasteiger partial charge in [0.1, 0.15) is 11.3 Å². The van der Waals surface area contributed by atoms with E-state index < -0.39 is 11.8 Å². The highest BCUT2D eigenvalue weighted by atomic mass is 16.3. The summed E-state index contributed by atoms with van der Waals surface area (Å²) in [7, 11) is 0. The van der Waals surface area contributed by atoms with Gasteiger partial charge in [-0.15, -0.1) is 0 Å². The number of hydrogen-bond donors (Lipinski definition) is 2. The number of nitrogens with zero attached hydrogens (tertiary/aromatic N) is 1. The largest absolute Gasteiger partial charge is 0.455 e. The number of hydrazone groups is 1. The Morgan fingerprint density at radius 1 is 0.897 bits per heavy atom. The van der Waals surface area contributed by atoms with Crippen LogP contribution in [0.25, 0.3) is 21.7 Å². The van der Waals surface area contributed by atoms with Crippen LogP contribution in [0.1, 0.15) is 18.2 Å². The molecule has 3 aromatic carbocycles. The second-order valence-corrected chi connectivity index (χ2v) is 6.77. The van der Waals surface area contributed by atoms with Crippen LogP contribution in [0.3, 0.4) is 0 Å². The first-order valence-corrected chi connectivity index (χ1v) is 9.15. The summed E-state index contributed by atoms with van der Waals surface area (Å²) in [5.74, 6) is -1.12. The van der Waals surface area contributed by atoms with Crippen LogP contribution in [0, 0.1) is 6.92 Å². The van der Waals surface area contributed by atoms with E-state index in [1.54, 1.807) is 19.1 Å². The van der Waals surface area contributed by atoms with Crippen molar-refractivity contribution >= 4 is 45.0 Å². The molecule has 144 valence electrons. The summed E-state index contributed by atoms with van der Waals surface area (Å²) in [5.41, 5.74) is 5.07. The number of fused-ring (bicyclic) bond motifs is 3. The summed E-state index contributed by atoms with van der Waals surface area (Å²) in [5, 5.41) is 9.70. The third-order valence-electron chi connectivity index (χ3n) is 4.62. The zero-order chi connectivity index (χ0) is 20.4. The summed E-state index contributed by atoms with van der Waals surface area (Å²) in [6.45, 7) is 3.65. The standard InChI is InChI=1S/C23H19N3O3/c1-14-7-10-17(11-8-14)24-22(27)23(28)26-25-15(2)21-13-19-18-6-4-3-5-16(18)9-12-20(19)29-21/h3-13H,1-2H3,(H,24,27)(H,26,28)/b25-15-. The van der Waals surface area contributed by atoms with Gasteiger partial charge in [-0.05, 0) is 48.9 Å². The van der Waals surface area contributed by atoms with Crippen molar-refractivity contribution in [3.63, 3.8) is 0 Å². The average Bonchev–Trinajstić information content (AvgIpc) is 3.18. The van der Waals surface area contributed by atoms with Crippen LogP contribution >= 0.6 is 0 Å². The van der Waals surface area contributed by atoms with Crippen LogP contribution < -0.4 is 10.7 Å². The van der Waals surface area contributed by atoms with Gasteiger partial charge in [-0.2, -0.15) is 5.10 Å². The summed E-state index contributed by atoms with van der Waals surface area (Å²) in [4.78, 5) is 24.1. The van der Waals surface area contributed by atoms with Gasteiger partial charge in [-0.1, -0.05) is 48.0 Å². The van der Waals surface area contributed by atoms with Crippen LogP contribution in [0.5, 0.6) is 0 Å². The molecule has 0 radical (unpaired) electrons. The third kappa shape index (κ3) is 3.87. The molecule has 29 heavy (non-hydrogen) atoms. The average molecular weight is 385 g/mol. The topological polar surface area (TPSA) is 83.7 Å². The maximum atomic E-state index is 12.0. The molecule has 0 bridgehead atoms. The number of anilines is 1.